The third-order valence-corrected chi connectivity index (χ3v) is 4.37. The number of non-ortho nitro benzene ring substituents is 1. The molecule has 0 aromatic heterocycles. The van der Waals surface area contributed by atoms with Crippen molar-refractivity contribution in [3.63, 3.8) is 0 Å². The molecule has 0 unspecified atom stereocenters. The standard InChI is InChI=1S/C23H22N2O4/c26-23(14-18-9-11-22(12-10-18)25(27)28)24-15-20-7-4-8-21(13-20)17-29-16-19-5-2-1-3-6-19/h1-13H,14-17H2,(H,24,26). The van der Waals surface area contributed by atoms with E-state index in [0.717, 1.165) is 22.3 Å². The van der Waals surface area contributed by atoms with Gasteiger partial charge in [0, 0.05) is 18.7 Å². The third-order valence-electron chi connectivity index (χ3n) is 4.37. The second kappa shape index (κ2) is 10.1. The predicted molar refractivity (Wildman–Crippen MR) is 110 cm³/mol. The maximum atomic E-state index is 12.1. The molecule has 0 aliphatic heterocycles. The van der Waals surface area contributed by atoms with E-state index in [2.05, 4.69) is 5.32 Å². The Balaban J connectivity index is 1.45. The van der Waals surface area contributed by atoms with Crippen molar-refractivity contribution in [1.82, 2.24) is 5.32 Å². The number of ether oxygens (including phenoxy) is 1. The first kappa shape index (κ1) is 20.2. The Hall–Kier alpha value is -3.51. The molecule has 3 rings (SSSR count). The molecule has 0 radical (unpaired) electrons. The second-order valence-electron chi connectivity index (χ2n) is 6.68. The Labute approximate surface area is 169 Å². The molecule has 0 saturated heterocycles. The second-order valence-corrected chi connectivity index (χ2v) is 6.68. The summed E-state index contributed by atoms with van der Waals surface area (Å²) in [5, 5.41) is 13.6. The number of carbonyl (C=O) groups is 1. The number of rotatable bonds is 9. The van der Waals surface area contributed by atoms with Crippen molar-refractivity contribution in [3.8, 4) is 0 Å². The molecule has 1 N–H and O–H groups in total. The fourth-order valence-corrected chi connectivity index (χ4v) is 2.87. The first-order valence-electron chi connectivity index (χ1n) is 9.29. The van der Waals surface area contributed by atoms with Crippen LogP contribution >= 0.6 is 0 Å². The van der Waals surface area contributed by atoms with Crippen LogP contribution < -0.4 is 5.32 Å². The number of carbonyl (C=O) groups excluding carboxylic acids is 1. The molecule has 1 amide bonds. The van der Waals surface area contributed by atoms with Crippen molar-refractivity contribution in [2.24, 2.45) is 0 Å². The molecule has 3 aromatic rings. The first-order valence-corrected chi connectivity index (χ1v) is 9.29. The Morgan fingerprint density at radius 3 is 2.21 bits per heavy atom. The molecule has 3 aromatic carbocycles. The maximum Gasteiger partial charge on any atom is 0.269 e. The van der Waals surface area contributed by atoms with Gasteiger partial charge in [0.05, 0.1) is 24.6 Å². The van der Waals surface area contributed by atoms with E-state index in [0.29, 0.717) is 19.8 Å². The number of nitro benzene ring substituents is 1. The minimum Gasteiger partial charge on any atom is -0.372 e. The molecule has 0 atom stereocenters. The van der Waals surface area contributed by atoms with E-state index < -0.39 is 4.92 Å². The van der Waals surface area contributed by atoms with Gasteiger partial charge in [-0.05, 0) is 22.3 Å². The Kier molecular flexibility index (Phi) is 7.08. The van der Waals surface area contributed by atoms with E-state index in [-0.39, 0.29) is 18.0 Å². The monoisotopic (exact) mass is 390 g/mol. The van der Waals surface area contributed by atoms with Gasteiger partial charge >= 0.3 is 0 Å². The van der Waals surface area contributed by atoms with Crippen molar-refractivity contribution in [1.29, 1.82) is 0 Å². The van der Waals surface area contributed by atoms with Crippen LogP contribution in [0, 0.1) is 10.1 Å². The largest absolute Gasteiger partial charge is 0.372 e. The molecular weight excluding hydrogens is 368 g/mol. The smallest absolute Gasteiger partial charge is 0.269 e. The van der Waals surface area contributed by atoms with Gasteiger partial charge in [-0.25, -0.2) is 0 Å². The fourth-order valence-electron chi connectivity index (χ4n) is 2.87. The molecule has 0 bridgehead atoms. The first-order chi connectivity index (χ1) is 14.1. The minimum atomic E-state index is -0.458. The highest BCUT2D eigenvalue weighted by Gasteiger charge is 2.07. The number of hydrogen-bond acceptors (Lipinski definition) is 4. The number of hydrogen-bond donors (Lipinski definition) is 1. The summed E-state index contributed by atoms with van der Waals surface area (Å²) in [5.74, 6) is -0.135. The van der Waals surface area contributed by atoms with Gasteiger partial charge in [-0.15, -0.1) is 0 Å². The highest BCUT2D eigenvalue weighted by molar-refractivity contribution is 5.78. The highest BCUT2D eigenvalue weighted by Crippen LogP contribution is 2.13. The summed E-state index contributed by atoms with van der Waals surface area (Å²) < 4.78 is 5.76. The quantitative estimate of drug-likeness (QED) is 0.439. The van der Waals surface area contributed by atoms with Crippen LogP contribution in [-0.4, -0.2) is 10.8 Å². The summed E-state index contributed by atoms with van der Waals surface area (Å²) in [6, 6.07) is 23.9. The summed E-state index contributed by atoms with van der Waals surface area (Å²) in [5.41, 5.74) is 3.91. The molecule has 0 fully saturated rings. The summed E-state index contributed by atoms with van der Waals surface area (Å²) in [4.78, 5) is 22.4. The topological polar surface area (TPSA) is 81.5 Å². The van der Waals surface area contributed by atoms with Crippen LogP contribution in [0.3, 0.4) is 0 Å². The normalized spacial score (nSPS) is 10.5. The van der Waals surface area contributed by atoms with E-state index >= 15 is 0 Å². The van der Waals surface area contributed by atoms with Gasteiger partial charge in [0.25, 0.3) is 5.69 Å². The van der Waals surface area contributed by atoms with Crippen molar-refractivity contribution in [2.45, 2.75) is 26.2 Å². The number of nitrogens with one attached hydrogen (secondary N) is 1. The van der Waals surface area contributed by atoms with E-state index in [1.54, 1.807) is 12.1 Å². The Bertz CT molecular complexity index is 956. The van der Waals surface area contributed by atoms with Crippen LogP contribution in [0.5, 0.6) is 0 Å². The lowest BCUT2D eigenvalue weighted by atomic mass is 10.1. The van der Waals surface area contributed by atoms with Crippen molar-refractivity contribution in [3.05, 3.63) is 111 Å². The van der Waals surface area contributed by atoms with E-state index in [1.807, 2.05) is 54.6 Å². The summed E-state index contributed by atoms with van der Waals surface area (Å²) in [7, 11) is 0. The average Bonchev–Trinajstić information content (AvgIpc) is 2.74. The number of nitro groups is 1. The van der Waals surface area contributed by atoms with Crippen LogP contribution in [-0.2, 0) is 35.7 Å². The molecular formula is C23H22N2O4. The van der Waals surface area contributed by atoms with Gasteiger partial charge in [0.2, 0.25) is 5.91 Å². The van der Waals surface area contributed by atoms with Gasteiger partial charge in [-0.2, -0.15) is 0 Å². The zero-order valence-corrected chi connectivity index (χ0v) is 15.9. The van der Waals surface area contributed by atoms with Gasteiger partial charge in [0.1, 0.15) is 0 Å². The van der Waals surface area contributed by atoms with Crippen LogP contribution in [0.15, 0.2) is 78.9 Å². The molecule has 0 saturated carbocycles. The molecule has 6 heteroatoms. The van der Waals surface area contributed by atoms with Crippen LogP contribution in [0.25, 0.3) is 0 Å². The highest BCUT2D eigenvalue weighted by atomic mass is 16.6. The average molecular weight is 390 g/mol. The Morgan fingerprint density at radius 1 is 0.828 bits per heavy atom. The lowest BCUT2D eigenvalue weighted by Crippen LogP contribution is -2.24. The SMILES string of the molecule is O=C(Cc1ccc([N+](=O)[O-])cc1)NCc1cccc(COCc2ccccc2)c1. The van der Waals surface area contributed by atoms with Crippen molar-refractivity contribution < 1.29 is 14.5 Å². The summed E-state index contributed by atoms with van der Waals surface area (Å²) in [6.07, 6.45) is 0.178. The molecule has 0 aliphatic rings. The summed E-state index contributed by atoms with van der Waals surface area (Å²) in [6.45, 7) is 1.47. The Morgan fingerprint density at radius 2 is 1.48 bits per heavy atom. The molecule has 6 nitrogen and oxygen atoms in total. The number of nitrogens with zero attached hydrogens (tertiary/aromatic N) is 1. The number of benzene rings is 3. The van der Waals surface area contributed by atoms with Crippen molar-refractivity contribution >= 4 is 11.6 Å². The van der Waals surface area contributed by atoms with Gasteiger partial charge < -0.3 is 10.1 Å². The van der Waals surface area contributed by atoms with E-state index in [1.165, 1.54) is 12.1 Å². The lowest BCUT2D eigenvalue weighted by Gasteiger charge is -2.09. The van der Waals surface area contributed by atoms with E-state index in [4.69, 9.17) is 4.74 Å². The minimum absolute atomic E-state index is 0.0143. The van der Waals surface area contributed by atoms with E-state index in [9.17, 15) is 14.9 Å². The fraction of sp³-hybridized carbons (Fsp3) is 0.174. The van der Waals surface area contributed by atoms with Crippen LogP contribution in [0.4, 0.5) is 5.69 Å². The predicted octanol–water partition coefficient (Wildman–Crippen LogP) is 4.17. The zero-order valence-electron chi connectivity index (χ0n) is 15.9. The van der Waals surface area contributed by atoms with Crippen LogP contribution in [0.2, 0.25) is 0 Å². The van der Waals surface area contributed by atoms with Gasteiger partial charge in [0.15, 0.2) is 0 Å². The molecule has 0 heterocycles. The van der Waals surface area contributed by atoms with Crippen LogP contribution in [0.1, 0.15) is 22.3 Å². The zero-order chi connectivity index (χ0) is 20.5. The summed E-state index contributed by atoms with van der Waals surface area (Å²) >= 11 is 0. The maximum absolute atomic E-state index is 12.1. The molecule has 0 spiro atoms. The molecule has 148 valence electrons. The molecule has 0 aliphatic carbocycles. The molecule has 29 heavy (non-hydrogen) atoms. The number of amides is 1. The lowest BCUT2D eigenvalue weighted by molar-refractivity contribution is -0.384. The van der Waals surface area contributed by atoms with Gasteiger partial charge in [-0.1, -0.05) is 66.7 Å². The van der Waals surface area contributed by atoms with Gasteiger partial charge in [-0.3, -0.25) is 14.9 Å². The van der Waals surface area contributed by atoms with Crippen molar-refractivity contribution in [2.75, 3.05) is 0 Å². The third kappa shape index (κ3) is 6.55.